The minimum Gasteiger partial charge on any atom is -0.469 e. The van der Waals surface area contributed by atoms with Crippen LogP contribution < -0.4 is 4.90 Å². The smallest absolute Gasteiger partial charge is 0.313 e. The van der Waals surface area contributed by atoms with E-state index in [1.165, 1.54) is 12.7 Å². The van der Waals surface area contributed by atoms with Crippen LogP contribution >= 0.6 is 0 Å². The van der Waals surface area contributed by atoms with Crippen molar-refractivity contribution in [3.63, 3.8) is 0 Å². The SMILES string of the molecule is COC(=O)C(C)(C)CN1CCCc2cc(C(C)=O)ccc21. The topological polar surface area (TPSA) is 46.6 Å². The summed E-state index contributed by atoms with van der Waals surface area (Å²) in [7, 11) is 1.42. The molecule has 21 heavy (non-hydrogen) atoms. The summed E-state index contributed by atoms with van der Waals surface area (Å²) in [5, 5.41) is 0. The van der Waals surface area contributed by atoms with Crippen LogP contribution in [0.4, 0.5) is 5.69 Å². The molecule has 1 heterocycles. The molecular weight excluding hydrogens is 266 g/mol. The molecule has 0 atom stereocenters. The highest BCUT2D eigenvalue weighted by Gasteiger charge is 2.32. The van der Waals surface area contributed by atoms with Crippen molar-refractivity contribution in [1.82, 2.24) is 0 Å². The molecule has 4 heteroatoms. The van der Waals surface area contributed by atoms with Crippen molar-refractivity contribution in [3.8, 4) is 0 Å². The van der Waals surface area contributed by atoms with Crippen LogP contribution in [0.1, 0.15) is 43.1 Å². The quantitative estimate of drug-likeness (QED) is 0.631. The molecule has 0 unspecified atom stereocenters. The van der Waals surface area contributed by atoms with Crippen LogP contribution in [0.2, 0.25) is 0 Å². The number of carbonyl (C=O) groups is 2. The number of ether oxygens (including phenoxy) is 1. The van der Waals surface area contributed by atoms with E-state index in [9.17, 15) is 9.59 Å². The molecule has 1 aliphatic heterocycles. The van der Waals surface area contributed by atoms with E-state index in [-0.39, 0.29) is 11.8 Å². The third kappa shape index (κ3) is 3.26. The molecule has 0 saturated heterocycles. The van der Waals surface area contributed by atoms with Gasteiger partial charge >= 0.3 is 5.97 Å². The first-order chi connectivity index (χ1) is 9.85. The van der Waals surface area contributed by atoms with Gasteiger partial charge in [0.1, 0.15) is 0 Å². The standard InChI is InChI=1S/C17H23NO3/c1-12(19)13-7-8-15-14(10-13)6-5-9-18(15)11-17(2,3)16(20)21-4/h7-8,10H,5-6,9,11H2,1-4H3. The van der Waals surface area contributed by atoms with E-state index in [1.54, 1.807) is 6.92 Å². The zero-order chi connectivity index (χ0) is 15.6. The monoisotopic (exact) mass is 289 g/mol. The summed E-state index contributed by atoms with van der Waals surface area (Å²) >= 11 is 0. The van der Waals surface area contributed by atoms with Gasteiger partial charge in [-0.05, 0) is 57.4 Å². The number of esters is 1. The van der Waals surface area contributed by atoms with Crippen LogP contribution in [0.3, 0.4) is 0 Å². The number of anilines is 1. The van der Waals surface area contributed by atoms with Gasteiger partial charge in [-0.3, -0.25) is 9.59 Å². The Morgan fingerprint density at radius 3 is 2.67 bits per heavy atom. The Bertz CT molecular complexity index is 563. The highest BCUT2D eigenvalue weighted by Crippen LogP contribution is 2.31. The number of hydrogen-bond donors (Lipinski definition) is 0. The summed E-state index contributed by atoms with van der Waals surface area (Å²) in [4.78, 5) is 25.6. The third-order valence-corrected chi connectivity index (χ3v) is 4.02. The van der Waals surface area contributed by atoms with E-state index in [1.807, 2.05) is 32.0 Å². The lowest BCUT2D eigenvalue weighted by atomic mass is 9.90. The van der Waals surface area contributed by atoms with Crippen molar-refractivity contribution >= 4 is 17.4 Å². The molecule has 2 rings (SSSR count). The zero-order valence-electron chi connectivity index (χ0n) is 13.2. The van der Waals surface area contributed by atoms with Gasteiger partial charge in [-0.1, -0.05) is 0 Å². The Morgan fingerprint density at radius 1 is 1.33 bits per heavy atom. The number of benzene rings is 1. The Morgan fingerprint density at radius 2 is 2.05 bits per heavy atom. The molecule has 0 spiro atoms. The summed E-state index contributed by atoms with van der Waals surface area (Å²) < 4.78 is 4.88. The molecule has 114 valence electrons. The van der Waals surface area contributed by atoms with Crippen LogP contribution in [0.5, 0.6) is 0 Å². The van der Waals surface area contributed by atoms with Crippen LogP contribution in [-0.4, -0.2) is 32.0 Å². The van der Waals surface area contributed by atoms with E-state index in [0.717, 1.165) is 30.6 Å². The van der Waals surface area contributed by atoms with Gasteiger partial charge in [0.05, 0.1) is 12.5 Å². The van der Waals surface area contributed by atoms with Gasteiger partial charge in [-0.15, -0.1) is 0 Å². The lowest BCUT2D eigenvalue weighted by Gasteiger charge is -2.36. The summed E-state index contributed by atoms with van der Waals surface area (Å²) in [6.07, 6.45) is 2.01. The Balaban J connectivity index is 2.26. The third-order valence-electron chi connectivity index (χ3n) is 4.02. The van der Waals surface area contributed by atoms with E-state index in [4.69, 9.17) is 4.74 Å². The van der Waals surface area contributed by atoms with Crippen LogP contribution in [0.15, 0.2) is 18.2 Å². The minimum absolute atomic E-state index is 0.0878. The van der Waals surface area contributed by atoms with E-state index in [2.05, 4.69) is 4.90 Å². The first kappa shape index (κ1) is 15.5. The second-order valence-corrected chi connectivity index (χ2v) is 6.30. The number of Topliss-reactive ketones (excluding diaryl/α,β-unsaturated/α-hetero) is 1. The van der Waals surface area contributed by atoms with E-state index >= 15 is 0 Å². The predicted octanol–water partition coefficient (Wildman–Crippen LogP) is 2.84. The number of rotatable bonds is 4. The lowest BCUT2D eigenvalue weighted by Crippen LogP contribution is -2.42. The number of hydrogen-bond acceptors (Lipinski definition) is 4. The maximum Gasteiger partial charge on any atom is 0.313 e. The minimum atomic E-state index is -0.553. The number of methoxy groups -OCH3 is 1. The average molecular weight is 289 g/mol. The number of nitrogens with zero attached hydrogens (tertiary/aromatic N) is 1. The zero-order valence-corrected chi connectivity index (χ0v) is 13.2. The molecule has 0 saturated carbocycles. The number of carbonyl (C=O) groups excluding carboxylic acids is 2. The highest BCUT2D eigenvalue weighted by atomic mass is 16.5. The second-order valence-electron chi connectivity index (χ2n) is 6.30. The van der Waals surface area contributed by atoms with Gasteiger partial charge in [-0.25, -0.2) is 0 Å². The van der Waals surface area contributed by atoms with Crippen molar-refractivity contribution in [2.45, 2.75) is 33.6 Å². The van der Waals surface area contributed by atoms with Crippen LogP contribution in [0, 0.1) is 5.41 Å². The fourth-order valence-corrected chi connectivity index (χ4v) is 2.88. The highest BCUT2D eigenvalue weighted by molar-refractivity contribution is 5.94. The lowest BCUT2D eigenvalue weighted by molar-refractivity contribution is -0.150. The molecule has 0 fully saturated rings. The molecule has 1 aliphatic rings. The van der Waals surface area contributed by atoms with Gasteiger partial charge < -0.3 is 9.64 Å². The Hall–Kier alpha value is -1.84. The van der Waals surface area contributed by atoms with Crippen molar-refractivity contribution in [3.05, 3.63) is 29.3 Å². The second kappa shape index (κ2) is 5.88. The van der Waals surface area contributed by atoms with Gasteiger partial charge in [0.15, 0.2) is 5.78 Å². The van der Waals surface area contributed by atoms with Crippen molar-refractivity contribution in [2.75, 3.05) is 25.1 Å². The molecule has 0 radical (unpaired) electrons. The largest absolute Gasteiger partial charge is 0.469 e. The number of aryl methyl sites for hydroxylation is 1. The fourth-order valence-electron chi connectivity index (χ4n) is 2.88. The molecule has 1 aromatic rings. The predicted molar refractivity (Wildman–Crippen MR) is 82.8 cm³/mol. The van der Waals surface area contributed by atoms with Crippen LogP contribution in [-0.2, 0) is 16.0 Å². The van der Waals surface area contributed by atoms with Gasteiger partial charge in [0, 0.05) is 24.3 Å². The first-order valence-electron chi connectivity index (χ1n) is 7.32. The molecular formula is C17H23NO3. The molecule has 0 N–H and O–H groups in total. The van der Waals surface area contributed by atoms with Crippen LogP contribution in [0.25, 0.3) is 0 Å². The summed E-state index contributed by atoms with van der Waals surface area (Å²) in [6, 6.07) is 5.85. The maximum atomic E-state index is 11.9. The molecule has 4 nitrogen and oxygen atoms in total. The molecule has 0 aromatic heterocycles. The summed E-state index contributed by atoms with van der Waals surface area (Å²) in [6.45, 7) is 6.93. The number of ketones is 1. The van der Waals surface area contributed by atoms with Crippen molar-refractivity contribution in [2.24, 2.45) is 5.41 Å². The van der Waals surface area contributed by atoms with Crippen molar-refractivity contribution in [1.29, 1.82) is 0 Å². The maximum absolute atomic E-state index is 11.9. The molecule has 1 aromatic carbocycles. The summed E-state index contributed by atoms with van der Waals surface area (Å²) in [5.74, 6) is -0.111. The molecule has 0 amide bonds. The number of fused-ring (bicyclic) bond motifs is 1. The Labute approximate surface area is 126 Å². The Kier molecular flexibility index (Phi) is 4.35. The average Bonchev–Trinajstić information content (AvgIpc) is 2.45. The van der Waals surface area contributed by atoms with E-state index < -0.39 is 5.41 Å². The molecule has 0 aliphatic carbocycles. The van der Waals surface area contributed by atoms with Crippen molar-refractivity contribution < 1.29 is 14.3 Å². The van der Waals surface area contributed by atoms with E-state index in [0.29, 0.717) is 6.54 Å². The normalized spacial score (nSPS) is 14.6. The fraction of sp³-hybridized carbons (Fsp3) is 0.529. The molecule has 0 bridgehead atoms. The first-order valence-corrected chi connectivity index (χ1v) is 7.32. The van der Waals surface area contributed by atoms with Gasteiger partial charge in [-0.2, -0.15) is 0 Å². The summed E-state index contributed by atoms with van der Waals surface area (Å²) in [5.41, 5.74) is 2.52. The van der Waals surface area contributed by atoms with Gasteiger partial charge in [0.2, 0.25) is 0 Å². The van der Waals surface area contributed by atoms with Gasteiger partial charge in [0.25, 0.3) is 0 Å².